The van der Waals surface area contributed by atoms with E-state index in [1.165, 1.54) is 23.1 Å². The van der Waals surface area contributed by atoms with Crippen molar-refractivity contribution in [1.82, 2.24) is 9.97 Å². The van der Waals surface area contributed by atoms with Crippen LogP contribution in [0.5, 0.6) is 0 Å². The molecule has 2 rings (SSSR count). The fourth-order valence-electron chi connectivity index (χ4n) is 2.30. The molecule has 0 bridgehead atoms. The quantitative estimate of drug-likeness (QED) is 0.484. The molecule has 0 spiro atoms. The second kappa shape index (κ2) is 7.31. The molecule has 5 nitrogen and oxygen atoms in total. The first-order valence-electron chi connectivity index (χ1n) is 7.34. The molecule has 0 unspecified atom stereocenters. The first-order chi connectivity index (χ1) is 10.8. The van der Waals surface area contributed by atoms with Gasteiger partial charge in [0.25, 0.3) is 0 Å². The number of thiazole rings is 1. The Morgan fingerprint density at radius 3 is 2.65 bits per heavy atom. The lowest BCUT2D eigenvalue weighted by molar-refractivity contribution is 0.0525. The minimum Gasteiger partial charge on any atom is -0.462 e. The van der Waals surface area contributed by atoms with Gasteiger partial charge in [-0.2, -0.15) is 0 Å². The number of rotatable bonds is 6. The Hall–Kier alpha value is -1.60. The number of aromatic nitrogens is 2. The lowest BCUT2D eigenvalue weighted by atomic mass is 10.1. The van der Waals surface area contributed by atoms with Gasteiger partial charge in [-0.25, -0.2) is 9.78 Å². The summed E-state index contributed by atoms with van der Waals surface area (Å²) in [5.74, 6) is -0.437. The molecular formula is C16H20N2O3S2. The summed E-state index contributed by atoms with van der Waals surface area (Å²) in [5, 5.41) is 1.68. The number of hydrogen-bond acceptors (Lipinski definition) is 6. The molecule has 0 saturated carbocycles. The summed E-state index contributed by atoms with van der Waals surface area (Å²) >= 11 is 2.96. The fraction of sp³-hybridized carbons (Fsp3) is 0.438. The summed E-state index contributed by atoms with van der Waals surface area (Å²) in [5.41, 5.74) is 3.19. The molecule has 0 aromatic carbocycles. The van der Waals surface area contributed by atoms with Crippen LogP contribution in [-0.4, -0.2) is 33.6 Å². The van der Waals surface area contributed by atoms with Gasteiger partial charge in [0, 0.05) is 16.8 Å². The Morgan fingerprint density at radius 2 is 2.09 bits per heavy atom. The van der Waals surface area contributed by atoms with Crippen molar-refractivity contribution in [2.24, 2.45) is 0 Å². The average molecular weight is 352 g/mol. The van der Waals surface area contributed by atoms with Crippen molar-refractivity contribution in [2.75, 3.05) is 6.61 Å². The Bertz CT molecular complexity index is 734. The Morgan fingerprint density at radius 1 is 1.39 bits per heavy atom. The van der Waals surface area contributed by atoms with Crippen LogP contribution < -0.4 is 0 Å². The monoisotopic (exact) mass is 352 g/mol. The number of nitrogens with zero attached hydrogens (tertiary/aromatic N) is 1. The number of thioether (sulfide) groups is 1. The largest absolute Gasteiger partial charge is 0.462 e. The minimum absolute atomic E-state index is 0.0426. The average Bonchev–Trinajstić information content (AvgIpc) is 3.01. The number of aryl methyl sites for hydroxylation is 2. The molecule has 2 aromatic heterocycles. The smallest absolute Gasteiger partial charge is 0.340 e. The number of carbonyl (C=O) groups is 2. The van der Waals surface area contributed by atoms with Crippen molar-refractivity contribution in [3.8, 4) is 0 Å². The van der Waals surface area contributed by atoms with Gasteiger partial charge in [0.1, 0.15) is 0 Å². The van der Waals surface area contributed by atoms with Crippen molar-refractivity contribution in [2.45, 2.75) is 44.2 Å². The van der Waals surface area contributed by atoms with Crippen molar-refractivity contribution in [1.29, 1.82) is 0 Å². The highest BCUT2D eigenvalue weighted by molar-refractivity contribution is 8.02. The number of carbonyl (C=O) groups excluding carboxylic acids is 2. The standard InChI is InChI=1S/C16H20N2O3S2/c1-6-21-15(20)12-9(3)13(18-10(12)4)14(19)11(5)23-16-17-8(2)7-22-16/h7,11,18H,6H2,1-5H3/t11-/m1/s1. The molecule has 0 saturated heterocycles. The highest BCUT2D eigenvalue weighted by Crippen LogP contribution is 2.30. The van der Waals surface area contributed by atoms with E-state index >= 15 is 0 Å². The normalized spacial score (nSPS) is 12.2. The number of aromatic amines is 1. The van der Waals surface area contributed by atoms with Crippen LogP contribution >= 0.6 is 23.1 Å². The van der Waals surface area contributed by atoms with Crippen LogP contribution in [0.4, 0.5) is 0 Å². The summed E-state index contributed by atoms with van der Waals surface area (Å²) in [7, 11) is 0. The van der Waals surface area contributed by atoms with E-state index in [9.17, 15) is 9.59 Å². The van der Waals surface area contributed by atoms with Gasteiger partial charge in [0.15, 0.2) is 10.1 Å². The third-order valence-electron chi connectivity index (χ3n) is 3.41. The first kappa shape index (κ1) is 17.7. The topological polar surface area (TPSA) is 72.1 Å². The Balaban J connectivity index is 2.22. The lowest BCUT2D eigenvalue weighted by Crippen LogP contribution is -2.15. The fourth-order valence-corrected chi connectivity index (χ4v) is 4.34. The molecule has 7 heteroatoms. The Kier molecular flexibility index (Phi) is 5.64. The van der Waals surface area contributed by atoms with Crippen LogP contribution in [0.2, 0.25) is 0 Å². The van der Waals surface area contributed by atoms with Gasteiger partial charge in [-0.1, -0.05) is 11.8 Å². The zero-order chi connectivity index (χ0) is 17.1. The third-order valence-corrected chi connectivity index (χ3v) is 5.60. The molecule has 23 heavy (non-hydrogen) atoms. The molecule has 1 atom stereocenters. The van der Waals surface area contributed by atoms with E-state index in [4.69, 9.17) is 4.74 Å². The van der Waals surface area contributed by atoms with E-state index in [0.29, 0.717) is 29.1 Å². The molecule has 1 N–H and O–H groups in total. The summed E-state index contributed by atoms with van der Waals surface area (Å²) in [6.45, 7) is 9.39. The van der Waals surface area contributed by atoms with E-state index in [1.54, 1.807) is 20.8 Å². The Labute approximate surface area is 143 Å². The van der Waals surface area contributed by atoms with Crippen LogP contribution in [0.15, 0.2) is 9.72 Å². The van der Waals surface area contributed by atoms with Crippen LogP contribution in [0.25, 0.3) is 0 Å². The number of H-pyrrole nitrogens is 1. The van der Waals surface area contributed by atoms with Gasteiger partial charge in [0.2, 0.25) is 0 Å². The molecule has 2 heterocycles. The van der Waals surface area contributed by atoms with Gasteiger partial charge in [-0.3, -0.25) is 4.79 Å². The molecule has 0 aliphatic rings. The van der Waals surface area contributed by atoms with E-state index < -0.39 is 5.97 Å². The maximum absolute atomic E-state index is 12.7. The summed E-state index contributed by atoms with van der Waals surface area (Å²) in [6.07, 6.45) is 0. The predicted octanol–water partition coefficient (Wildman–Crippen LogP) is 3.94. The van der Waals surface area contributed by atoms with Crippen molar-refractivity contribution in [3.05, 3.63) is 33.6 Å². The maximum atomic E-state index is 12.7. The summed E-state index contributed by atoms with van der Waals surface area (Å²) in [4.78, 5) is 32.1. The SMILES string of the molecule is CCOC(=O)c1c(C)[nH]c(C(=O)[C@@H](C)Sc2nc(C)cs2)c1C. The summed E-state index contributed by atoms with van der Waals surface area (Å²) in [6, 6.07) is 0. The van der Waals surface area contributed by atoms with Crippen molar-refractivity contribution >= 4 is 34.9 Å². The van der Waals surface area contributed by atoms with Gasteiger partial charge in [-0.15, -0.1) is 11.3 Å². The van der Waals surface area contributed by atoms with Crippen LogP contribution in [0, 0.1) is 20.8 Å². The number of Topliss-reactive ketones (excluding diaryl/α,β-unsaturated/α-hetero) is 1. The number of hydrogen-bond donors (Lipinski definition) is 1. The molecule has 0 amide bonds. The maximum Gasteiger partial charge on any atom is 0.340 e. The van der Waals surface area contributed by atoms with Crippen molar-refractivity contribution < 1.29 is 14.3 Å². The second-order valence-electron chi connectivity index (χ2n) is 5.22. The number of ether oxygens (including phenoxy) is 1. The highest BCUT2D eigenvalue weighted by atomic mass is 32.2. The van der Waals surface area contributed by atoms with Crippen LogP contribution in [0.3, 0.4) is 0 Å². The third kappa shape index (κ3) is 3.84. The molecule has 2 aromatic rings. The molecule has 124 valence electrons. The molecule has 0 aliphatic heterocycles. The predicted molar refractivity (Wildman–Crippen MR) is 92.7 cm³/mol. The molecule has 0 fully saturated rings. The van der Waals surface area contributed by atoms with E-state index in [-0.39, 0.29) is 11.0 Å². The van der Waals surface area contributed by atoms with E-state index in [2.05, 4.69) is 9.97 Å². The summed E-state index contributed by atoms with van der Waals surface area (Å²) < 4.78 is 5.93. The van der Waals surface area contributed by atoms with Gasteiger partial charge in [-0.05, 0) is 40.2 Å². The zero-order valence-corrected chi connectivity index (χ0v) is 15.5. The van der Waals surface area contributed by atoms with Crippen LogP contribution in [0.1, 0.15) is 51.6 Å². The van der Waals surface area contributed by atoms with Gasteiger partial charge >= 0.3 is 5.97 Å². The molecular weight excluding hydrogens is 332 g/mol. The number of nitrogens with one attached hydrogen (secondary N) is 1. The highest BCUT2D eigenvalue weighted by Gasteiger charge is 2.26. The van der Waals surface area contributed by atoms with Crippen LogP contribution in [-0.2, 0) is 4.74 Å². The van der Waals surface area contributed by atoms with Gasteiger partial charge < -0.3 is 9.72 Å². The van der Waals surface area contributed by atoms with Crippen molar-refractivity contribution in [3.63, 3.8) is 0 Å². The first-order valence-corrected chi connectivity index (χ1v) is 9.10. The van der Waals surface area contributed by atoms with E-state index in [0.717, 1.165) is 10.0 Å². The molecule has 0 radical (unpaired) electrons. The molecule has 0 aliphatic carbocycles. The van der Waals surface area contributed by atoms with E-state index in [1.807, 2.05) is 19.2 Å². The number of esters is 1. The minimum atomic E-state index is -0.395. The lowest BCUT2D eigenvalue weighted by Gasteiger charge is -2.08. The number of ketones is 1. The zero-order valence-electron chi connectivity index (χ0n) is 13.9. The van der Waals surface area contributed by atoms with Gasteiger partial charge in [0.05, 0.1) is 23.1 Å². The second-order valence-corrected chi connectivity index (χ2v) is 7.67.